The number of anilines is 1. The fraction of sp³-hybridized carbons (Fsp3) is 0.476. The lowest BCUT2D eigenvalue weighted by Crippen LogP contribution is -2.32. The highest BCUT2D eigenvalue weighted by molar-refractivity contribution is 5.95. The maximum atomic E-state index is 13.1. The number of amides is 1. The van der Waals surface area contributed by atoms with Crippen molar-refractivity contribution in [3.63, 3.8) is 0 Å². The molecule has 136 valence electrons. The van der Waals surface area contributed by atoms with Crippen LogP contribution in [-0.2, 0) is 0 Å². The van der Waals surface area contributed by atoms with Gasteiger partial charge in [-0.05, 0) is 42.9 Å². The van der Waals surface area contributed by atoms with Crippen LogP contribution in [0.25, 0.3) is 11.3 Å². The van der Waals surface area contributed by atoms with Gasteiger partial charge in [-0.3, -0.25) is 4.79 Å². The van der Waals surface area contributed by atoms with Crippen molar-refractivity contribution in [1.82, 2.24) is 14.9 Å². The first kappa shape index (κ1) is 17.0. The van der Waals surface area contributed by atoms with E-state index in [9.17, 15) is 4.79 Å². The van der Waals surface area contributed by atoms with E-state index in [0.29, 0.717) is 5.41 Å². The molecule has 1 amide bonds. The Labute approximate surface area is 154 Å². The van der Waals surface area contributed by atoms with Crippen LogP contribution >= 0.6 is 0 Å². The van der Waals surface area contributed by atoms with Crippen molar-refractivity contribution in [3.8, 4) is 11.3 Å². The SMILES string of the molecule is Nc1nccc(-c2cccc(C(=O)N3CCC4(CCCCCC4)C3)c2)n1. The maximum Gasteiger partial charge on any atom is 0.253 e. The predicted molar refractivity (Wildman–Crippen MR) is 103 cm³/mol. The maximum absolute atomic E-state index is 13.1. The van der Waals surface area contributed by atoms with E-state index in [-0.39, 0.29) is 11.9 Å². The van der Waals surface area contributed by atoms with Crippen LogP contribution in [0.1, 0.15) is 55.3 Å². The number of hydrogen-bond acceptors (Lipinski definition) is 4. The number of nitrogen functional groups attached to an aromatic ring is 1. The van der Waals surface area contributed by atoms with Crippen LogP contribution in [0.4, 0.5) is 5.95 Å². The monoisotopic (exact) mass is 350 g/mol. The van der Waals surface area contributed by atoms with E-state index in [0.717, 1.165) is 36.3 Å². The van der Waals surface area contributed by atoms with Crippen LogP contribution in [-0.4, -0.2) is 33.9 Å². The zero-order valence-corrected chi connectivity index (χ0v) is 15.2. The first-order valence-electron chi connectivity index (χ1n) is 9.64. The molecule has 26 heavy (non-hydrogen) atoms. The van der Waals surface area contributed by atoms with Crippen molar-refractivity contribution in [3.05, 3.63) is 42.1 Å². The van der Waals surface area contributed by atoms with Crippen molar-refractivity contribution < 1.29 is 4.79 Å². The Morgan fingerprint density at radius 2 is 1.88 bits per heavy atom. The molecule has 2 aromatic rings. The van der Waals surface area contributed by atoms with Crippen LogP contribution in [0, 0.1) is 5.41 Å². The molecule has 2 aliphatic rings. The Bertz CT molecular complexity index is 796. The van der Waals surface area contributed by atoms with Gasteiger partial charge in [0, 0.05) is 30.4 Å². The van der Waals surface area contributed by atoms with Gasteiger partial charge in [-0.2, -0.15) is 0 Å². The third kappa shape index (κ3) is 3.43. The summed E-state index contributed by atoms with van der Waals surface area (Å²) in [7, 11) is 0. The van der Waals surface area contributed by atoms with Crippen molar-refractivity contribution in [2.75, 3.05) is 18.8 Å². The normalized spacial score (nSPS) is 19.5. The molecule has 1 aliphatic heterocycles. The van der Waals surface area contributed by atoms with Crippen LogP contribution in [0.15, 0.2) is 36.5 Å². The number of benzene rings is 1. The molecule has 0 atom stereocenters. The van der Waals surface area contributed by atoms with Gasteiger partial charge in [0.1, 0.15) is 0 Å². The van der Waals surface area contributed by atoms with Gasteiger partial charge in [-0.25, -0.2) is 9.97 Å². The molecule has 2 fully saturated rings. The molecule has 0 bridgehead atoms. The molecule has 5 nitrogen and oxygen atoms in total. The van der Waals surface area contributed by atoms with E-state index in [1.807, 2.05) is 30.3 Å². The van der Waals surface area contributed by atoms with Gasteiger partial charge in [0.2, 0.25) is 5.95 Å². The van der Waals surface area contributed by atoms with Gasteiger partial charge in [0.05, 0.1) is 5.69 Å². The van der Waals surface area contributed by atoms with E-state index >= 15 is 0 Å². The topological polar surface area (TPSA) is 72.1 Å². The summed E-state index contributed by atoms with van der Waals surface area (Å²) in [5.74, 6) is 0.379. The fourth-order valence-electron chi connectivity index (χ4n) is 4.52. The van der Waals surface area contributed by atoms with Crippen LogP contribution in [0.2, 0.25) is 0 Å². The molecule has 5 heteroatoms. The Morgan fingerprint density at radius 3 is 2.65 bits per heavy atom. The summed E-state index contributed by atoms with van der Waals surface area (Å²) in [6.07, 6.45) is 10.7. The molecule has 0 unspecified atom stereocenters. The summed E-state index contributed by atoms with van der Waals surface area (Å²) in [6, 6.07) is 9.50. The number of carbonyl (C=O) groups is 1. The summed E-state index contributed by atoms with van der Waals surface area (Å²) in [5.41, 5.74) is 8.42. The van der Waals surface area contributed by atoms with E-state index < -0.39 is 0 Å². The fourth-order valence-corrected chi connectivity index (χ4v) is 4.52. The summed E-state index contributed by atoms with van der Waals surface area (Å²) in [5, 5.41) is 0. The molecule has 1 spiro atoms. The largest absolute Gasteiger partial charge is 0.368 e. The second-order valence-corrected chi connectivity index (χ2v) is 7.77. The lowest BCUT2D eigenvalue weighted by molar-refractivity contribution is 0.0767. The number of hydrogen-bond donors (Lipinski definition) is 1. The van der Waals surface area contributed by atoms with E-state index in [4.69, 9.17) is 5.73 Å². The molecule has 2 N–H and O–H groups in total. The van der Waals surface area contributed by atoms with Gasteiger partial charge in [0.15, 0.2) is 0 Å². The standard InChI is InChI=1S/C21H26N4O/c22-20-23-12-8-18(24-20)16-6-5-7-17(14-16)19(26)25-13-11-21(15-25)9-3-1-2-4-10-21/h5-8,12,14H,1-4,9-11,13,15H2,(H2,22,23,24). The number of carbonyl (C=O) groups excluding carboxylic acids is 1. The Kier molecular flexibility index (Phi) is 4.62. The molecule has 0 radical (unpaired) electrons. The average Bonchev–Trinajstić information content (AvgIpc) is 2.94. The number of nitrogens with zero attached hydrogens (tertiary/aromatic N) is 3. The third-order valence-corrected chi connectivity index (χ3v) is 5.97. The van der Waals surface area contributed by atoms with E-state index in [2.05, 4.69) is 14.9 Å². The van der Waals surface area contributed by atoms with Gasteiger partial charge >= 0.3 is 0 Å². The molecule has 1 aliphatic carbocycles. The average molecular weight is 350 g/mol. The van der Waals surface area contributed by atoms with Crippen molar-refractivity contribution in [2.45, 2.75) is 44.9 Å². The highest BCUT2D eigenvalue weighted by atomic mass is 16.2. The highest BCUT2D eigenvalue weighted by Gasteiger charge is 2.39. The van der Waals surface area contributed by atoms with Gasteiger partial charge < -0.3 is 10.6 Å². The summed E-state index contributed by atoms with van der Waals surface area (Å²) < 4.78 is 0. The Morgan fingerprint density at radius 1 is 1.08 bits per heavy atom. The molecule has 1 saturated heterocycles. The van der Waals surface area contributed by atoms with Gasteiger partial charge in [0.25, 0.3) is 5.91 Å². The summed E-state index contributed by atoms with van der Waals surface area (Å²) >= 11 is 0. The second kappa shape index (κ2) is 7.06. The van der Waals surface area contributed by atoms with E-state index in [1.165, 1.54) is 38.5 Å². The quantitative estimate of drug-likeness (QED) is 0.891. The number of likely N-dealkylation sites (tertiary alicyclic amines) is 1. The lowest BCUT2D eigenvalue weighted by atomic mass is 9.80. The Balaban J connectivity index is 1.53. The van der Waals surface area contributed by atoms with E-state index in [1.54, 1.807) is 6.20 Å². The molecular formula is C21H26N4O. The molecule has 1 aromatic carbocycles. The Hall–Kier alpha value is -2.43. The minimum Gasteiger partial charge on any atom is -0.368 e. The van der Waals surface area contributed by atoms with Crippen LogP contribution in [0.3, 0.4) is 0 Å². The molecular weight excluding hydrogens is 324 g/mol. The van der Waals surface area contributed by atoms with Crippen LogP contribution in [0.5, 0.6) is 0 Å². The van der Waals surface area contributed by atoms with Gasteiger partial charge in [-0.1, -0.05) is 37.8 Å². The molecule has 1 saturated carbocycles. The first-order chi connectivity index (χ1) is 12.7. The minimum absolute atomic E-state index is 0.134. The predicted octanol–water partition coefficient (Wildman–Crippen LogP) is 3.91. The zero-order chi connectivity index (χ0) is 18.0. The number of rotatable bonds is 2. The smallest absolute Gasteiger partial charge is 0.253 e. The van der Waals surface area contributed by atoms with Gasteiger partial charge in [-0.15, -0.1) is 0 Å². The number of aromatic nitrogens is 2. The zero-order valence-electron chi connectivity index (χ0n) is 15.2. The summed E-state index contributed by atoms with van der Waals surface area (Å²) in [4.78, 5) is 23.3. The third-order valence-electron chi connectivity index (χ3n) is 5.97. The number of nitrogens with two attached hydrogens (primary N) is 1. The minimum atomic E-state index is 0.134. The highest BCUT2D eigenvalue weighted by Crippen LogP contribution is 2.43. The molecule has 1 aromatic heterocycles. The van der Waals surface area contributed by atoms with Crippen molar-refractivity contribution in [2.24, 2.45) is 5.41 Å². The van der Waals surface area contributed by atoms with Crippen molar-refractivity contribution >= 4 is 11.9 Å². The second-order valence-electron chi connectivity index (χ2n) is 7.77. The first-order valence-corrected chi connectivity index (χ1v) is 9.64. The van der Waals surface area contributed by atoms with Crippen molar-refractivity contribution in [1.29, 1.82) is 0 Å². The molecule has 4 rings (SSSR count). The molecule has 2 heterocycles. The summed E-state index contributed by atoms with van der Waals surface area (Å²) in [6.45, 7) is 1.79. The van der Waals surface area contributed by atoms with Crippen LogP contribution < -0.4 is 5.73 Å². The lowest BCUT2D eigenvalue weighted by Gasteiger charge is -2.27.